The molecule has 0 atom stereocenters. The number of piperidine rings is 1. The van der Waals surface area contributed by atoms with Gasteiger partial charge in [0.05, 0.1) is 6.54 Å². The molecule has 1 amide bonds. The fourth-order valence-electron chi connectivity index (χ4n) is 4.89. The van der Waals surface area contributed by atoms with E-state index in [1.165, 1.54) is 24.0 Å². The molecule has 0 saturated carbocycles. The highest BCUT2D eigenvalue weighted by molar-refractivity contribution is 5.78. The number of amides is 1. The zero-order chi connectivity index (χ0) is 16.6. The second-order valence-electron chi connectivity index (χ2n) is 7.72. The van der Waals surface area contributed by atoms with E-state index in [0.717, 1.165) is 52.0 Å². The highest BCUT2D eigenvalue weighted by atomic mass is 16.2. The Hall–Kier alpha value is -1.39. The number of likely N-dealkylation sites (N-methyl/N-ethyl adjacent to an activating group) is 1. The molecule has 0 unspecified atom stereocenters. The first-order valence-electron chi connectivity index (χ1n) is 9.49. The van der Waals surface area contributed by atoms with Gasteiger partial charge in [0.2, 0.25) is 5.91 Å². The third-order valence-corrected chi connectivity index (χ3v) is 6.47. The highest BCUT2D eigenvalue weighted by Crippen LogP contribution is 2.42. The van der Waals surface area contributed by atoms with E-state index < -0.39 is 0 Å². The molecule has 3 heterocycles. The third-order valence-electron chi connectivity index (χ3n) is 6.47. The van der Waals surface area contributed by atoms with Gasteiger partial charge in [-0.1, -0.05) is 24.3 Å². The lowest BCUT2D eigenvalue weighted by molar-refractivity contribution is -0.132. The van der Waals surface area contributed by atoms with Crippen molar-refractivity contribution in [1.29, 1.82) is 0 Å². The smallest absolute Gasteiger partial charge is 0.236 e. The first-order chi connectivity index (χ1) is 11.7. The van der Waals surface area contributed by atoms with Crippen molar-refractivity contribution in [3.63, 3.8) is 0 Å². The number of hydrogen-bond donors (Lipinski definition) is 0. The van der Waals surface area contributed by atoms with Gasteiger partial charge in [-0.2, -0.15) is 0 Å². The average molecular weight is 327 g/mol. The van der Waals surface area contributed by atoms with Gasteiger partial charge >= 0.3 is 0 Å². The first-order valence-corrected chi connectivity index (χ1v) is 9.49. The number of fused-ring (bicyclic) bond motifs is 2. The summed E-state index contributed by atoms with van der Waals surface area (Å²) < 4.78 is 0. The molecule has 1 aromatic rings. The summed E-state index contributed by atoms with van der Waals surface area (Å²) in [5.41, 5.74) is 3.24. The normalized spacial score (nSPS) is 24.3. The molecule has 1 spiro atoms. The molecule has 2 fully saturated rings. The van der Waals surface area contributed by atoms with Crippen molar-refractivity contribution in [2.24, 2.45) is 0 Å². The Labute approximate surface area is 145 Å². The lowest BCUT2D eigenvalue weighted by Crippen LogP contribution is -2.55. The van der Waals surface area contributed by atoms with Crippen molar-refractivity contribution in [1.82, 2.24) is 14.7 Å². The molecule has 0 aliphatic carbocycles. The molecule has 24 heavy (non-hydrogen) atoms. The molecule has 0 N–H and O–H groups in total. The molecular weight excluding hydrogens is 298 g/mol. The minimum atomic E-state index is 0.183. The van der Waals surface area contributed by atoms with Crippen molar-refractivity contribution in [3.8, 4) is 0 Å². The summed E-state index contributed by atoms with van der Waals surface area (Å²) >= 11 is 0. The van der Waals surface area contributed by atoms with Crippen molar-refractivity contribution >= 4 is 5.91 Å². The standard InChI is InChI=1S/C20H29N3O/c1-21-13-8-17-6-2-3-7-18(17)20(21)9-14-22(15-10-20)16-19(24)23-11-4-5-12-23/h2-3,6-7H,4-5,8-16H2,1H3. The van der Waals surface area contributed by atoms with E-state index in [9.17, 15) is 4.79 Å². The van der Waals surface area contributed by atoms with Gasteiger partial charge < -0.3 is 4.90 Å². The Morgan fingerprint density at radius 1 is 1.04 bits per heavy atom. The number of hydrogen-bond acceptors (Lipinski definition) is 3. The van der Waals surface area contributed by atoms with E-state index in [1.807, 2.05) is 4.90 Å². The van der Waals surface area contributed by atoms with Gasteiger partial charge in [-0.3, -0.25) is 14.6 Å². The van der Waals surface area contributed by atoms with Crippen molar-refractivity contribution in [3.05, 3.63) is 35.4 Å². The molecule has 3 aliphatic heterocycles. The zero-order valence-electron chi connectivity index (χ0n) is 14.8. The first kappa shape index (κ1) is 16.1. The summed E-state index contributed by atoms with van der Waals surface area (Å²) in [5.74, 6) is 0.334. The topological polar surface area (TPSA) is 26.8 Å². The van der Waals surface area contributed by atoms with Crippen molar-refractivity contribution in [2.75, 3.05) is 46.3 Å². The Kier molecular flexibility index (Phi) is 4.35. The van der Waals surface area contributed by atoms with E-state index in [-0.39, 0.29) is 5.54 Å². The van der Waals surface area contributed by atoms with Crippen LogP contribution in [0.3, 0.4) is 0 Å². The largest absolute Gasteiger partial charge is 0.342 e. The number of nitrogens with zero attached hydrogens (tertiary/aromatic N) is 3. The van der Waals surface area contributed by atoms with Crippen LogP contribution in [0.1, 0.15) is 36.8 Å². The van der Waals surface area contributed by atoms with Crippen molar-refractivity contribution < 1.29 is 4.79 Å². The van der Waals surface area contributed by atoms with Gasteiger partial charge in [-0.05, 0) is 50.3 Å². The van der Waals surface area contributed by atoms with E-state index in [0.29, 0.717) is 12.5 Å². The zero-order valence-corrected chi connectivity index (χ0v) is 14.8. The Morgan fingerprint density at radius 3 is 2.50 bits per heavy atom. The molecule has 4 rings (SSSR count). The van der Waals surface area contributed by atoms with E-state index in [1.54, 1.807) is 0 Å². The lowest BCUT2D eigenvalue weighted by Gasteiger charge is -2.51. The summed E-state index contributed by atoms with van der Waals surface area (Å²) in [6.07, 6.45) is 5.78. The van der Waals surface area contributed by atoms with Gasteiger partial charge in [-0.15, -0.1) is 0 Å². The van der Waals surface area contributed by atoms with Crippen LogP contribution in [0.5, 0.6) is 0 Å². The van der Waals surface area contributed by atoms with E-state index >= 15 is 0 Å². The number of benzene rings is 1. The summed E-state index contributed by atoms with van der Waals surface area (Å²) in [5, 5.41) is 0. The fraction of sp³-hybridized carbons (Fsp3) is 0.650. The van der Waals surface area contributed by atoms with Gasteiger partial charge in [0, 0.05) is 38.3 Å². The molecule has 0 bridgehead atoms. The minimum Gasteiger partial charge on any atom is -0.342 e. The van der Waals surface area contributed by atoms with Crippen molar-refractivity contribution in [2.45, 2.75) is 37.6 Å². The molecular formula is C20H29N3O. The summed E-state index contributed by atoms with van der Waals surface area (Å²) in [7, 11) is 2.28. The minimum absolute atomic E-state index is 0.183. The van der Waals surface area contributed by atoms with Crippen LogP contribution >= 0.6 is 0 Å². The predicted molar refractivity (Wildman–Crippen MR) is 95.9 cm³/mol. The number of rotatable bonds is 2. The van der Waals surface area contributed by atoms with Crippen LogP contribution in [0.2, 0.25) is 0 Å². The molecule has 130 valence electrons. The fourth-order valence-corrected chi connectivity index (χ4v) is 4.89. The summed E-state index contributed by atoms with van der Waals surface area (Å²) in [6, 6.07) is 8.98. The van der Waals surface area contributed by atoms with Crippen LogP contribution in [0.4, 0.5) is 0 Å². The predicted octanol–water partition coefficient (Wildman–Crippen LogP) is 2.09. The highest BCUT2D eigenvalue weighted by Gasteiger charge is 2.43. The molecule has 4 nitrogen and oxygen atoms in total. The van der Waals surface area contributed by atoms with Crippen LogP contribution in [-0.4, -0.2) is 66.9 Å². The number of carbonyl (C=O) groups is 1. The number of likely N-dealkylation sites (tertiary alicyclic amines) is 2. The molecule has 0 aromatic heterocycles. The quantitative estimate of drug-likeness (QED) is 0.832. The monoisotopic (exact) mass is 327 g/mol. The Morgan fingerprint density at radius 2 is 1.75 bits per heavy atom. The third kappa shape index (κ3) is 2.76. The maximum Gasteiger partial charge on any atom is 0.236 e. The Bertz CT molecular complexity index is 601. The van der Waals surface area contributed by atoms with Crippen LogP contribution < -0.4 is 0 Å². The van der Waals surface area contributed by atoms with E-state index in [4.69, 9.17) is 0 Å². The van der Waals surface area contributed by atoms with Crippen LogP contribution in [0, 0.1) is 0 Å². The lowest BCUT2D eigenvalue weighted by atomic mass is 9.74. The van der Waals surface area contributed by atoms with Gasteiger partial charge in [0.25, 0.3) is 0 Å². The van der Waals surface area contributed by atoms with Crippen LogP contribution in [0.15, 0.2) is 24.3 Å². The summed E-state index contributed by atoms with van der Waals surface area (Å²) in [6.45, 7) is 5.74. The summed E-state index contributed by atoms with van der Waals surface area (Å²) in [4.78, 5) is 19.4. The van der Waals surface area contributed by atoms with Crippen LogP contribution in [0.25, 0.3) is 0 Å². The molecule has 4 heteroatoms. The van der Waals surface area contributed by atoms with Gasteiger partial charge in [0.15, 0.2) is 0 Å². The molecule has 2 saturated heterocycles. The SMILES string of the molecule is CN1CCc2ccccc2C12CCN(CC(=O)N1CCCC1)CC2. The molecule has 0 radical (unpaired) electrons. The second kappa shape index (κ2) is 6.49. The number of carbonyl (C=O) groups excluding carboxylic acids is 1. The Balaban J connectivity index is 1.44. The van der Waals surface area contributed by atoms with Gasteiger partial charge in [0.1, 0.15) is 0 Å². The molecule has 3 aliphatic rings. The maximum absolute atomic E-state index is 12.4. The van der Waals surface area contributed by atoms with Crippen LogP contribution in [-0.2, 0) is 16.8 Å². The molecule has 1 aromatic carbocycles. The average Bonchev–Trinajstić information content (AvgIpc) is 3.15. The second-order valence-corrected chi connectivity index (χ2v) is 7.72. The van der Waals surface area contributed by atoms with E-state index in [2.05, 4.69) is 41.1 Å². The maximum atomic E-state index is 12.4. The van der Waals surface area contributed by atoms with Gasteiger partial charge in [-0.25, -0.2) is 0 Å².